The second kappa shape index (κ2) is 7.14. The number of halogens is 2. The van der Waals surface area contributed by atoms with Gasteiger partial charge in [0.1, 0.15) is 0 Å². The highest BCUT2D eigenvalue weighted by Crippen LogP contribution is 2.29. The smallest absolute Gasteiger partial charge is 0.285 e. The van der Waals surface area contributed by atoms with Gasteiger partial charge in [0.2, 0.25) is 0 Å². The van der Waals surface area contributed by atoms with E-state index in [0.717, 1.165) is 32.5 Å². The third kappa shape index (κ3) is 4.25. The van der Waals surface area contributed by atoms with Crippen LogP contribution in [0.25, 0.3) is 0 Å². The van der Waals surface area contributed by atoms with Crippen molar-refractivity contribution < 1.29 is 8.78 Å². The van der Waals surface area contributed by atoms with E-state index in [1.807, 2.05) is 11.8 Å². The van der Waals surface area contributed by atoms with Gasteiger partial charge in [-0.3, -0.25) is 4.90 Å². The molecule has 0 bridgehead atoms. The van der Waals surface area contributed by atoms with Crippen molar-refractivity contribution in [1.82, 2.24) is 10.2 Å². The standard InChI is InChI=1S/C16H24F2N2/c1-2-20(12-14-8-10-19-11-9-14)13-16(17,18)15-6-4-3-5-7-15/h3-7,14,19H,2,8-13H2,1H3. The minimum Gasteiger partial charge on any atom is -0.317 e. The molecule has 1 aliphatic heterocycles. The van der Waals surface area contributed by atoms with Gasteiger partial charge in [-0.25, -0.2) is 0 Å². The quantitative estimate of drug-likeness (QED) is 0.862. The molecule has 0 aromatic heterocycles. The lowest BCUT2D eigenvalue weighted by Crippen LogP contribution is -2.40. The first kappa shape index (κ1) is 15.4. The van der Waals surface area contributed by atoms with Gasteiger partial charge in [-0.1, -0.05) is 37.3 Å². The van der Waals surface area contributed by atoms with Crippen molar-refractivity contribution in [3.63, 3.8) is 0 Å². The number of nitrogens with one attached hydrogen (secondary N) is 1. The van der Waals surface area contributed by atoms with Gasteiger partial charge in [-0.2, -0.15) is 8.78 Å². The van der Waals surface area contributed by atoms with Crippen LogP contribution in [0.4, 0.5) is 8.78 Å². The Morgan fingerprint density at radius 3 is 2.45 bits per heavy atom. The zero-order chi connectivity index (χ0) is 14.4. The molecular weight excluding hydrogens is 258 g/mol. The number of rotatable bonds is 6. The van der Waals surface area contributed by atoms with Gasteiger partial charge in [-0.05, 0) is 38.4 Å². The predicted octanol–water partition coefficient (Wildman–Crippen LogP) is 3.10. The average molecular weight is 282 g/mol. The van der Waals surface area contributed by atoms with Gasteiger partial charge < -0.3 is 5.32 Å². The molecular formula is C16H24F2N2. The van der Waals surface area contributed by atoms with Crippen LogP contribution in [0.3, 0.4) is 0 Å². The molecule has 0 spiro atoms. The molecule has 20 heavy (non-hydrogen) atoms. The summed E-state index contributed by atoms with van der Waals surface area (Å²) in [5.74, 6) is -2.23. The number of benzene rings is 1. The van der Waals surface area contributed by atoms with Crippen LogP contribution in [0, 0.1) is 5.92 Å². The van der Waals surface area contributed by atoms with Gasteiger partial charge in [-0.15, -0.1) is 0 Å². The van der Waals surface area contributed by atoms with E-state index in [4.69, 9.17) is 0 Å². The Hall–Kier alpha value is -1.00. The number of likely N-dealkylation sites (N-methyl/N-ethyl adjacent to an activating group) is 1. The monoisotopic (exact) mass is 282 g/mol. The maximum Gasteiger partial charge on any atom is 0.285 e. The normalized spacial score (nSPS) is 17.6. The SMILES string of the molecule is CCN(CC1CCNCC1)CC(F)(F)c1ccccc1. The summed E-state index contributed by atoms with van der Waals surface area (Å²) in [6, 6.07) is 8.14. The van der Waals surface area contributed by atoms with Crippen LogP contribution in [-0.2, 0) is 5.92 Å². The van der Waals surface area contributed by atoms with Crippen molar-refractivity contribution >= 4 is 0 Å². The van der Waals surface area contributed by atoms with E-state index in [-0.39, 0.29) is 12.1 Å². The van der Waals surface area contributed by atoms with E-state index in [1.165, 1.54) is 12.1 Å². The molecule has 2 rings (SSSR count). The van der Waals surface area contributed by atoms with Crippen molar-refractivity contribution in [2.45, 2.75) is 25.7 Å². The van der Waals surface area contributed by atoms with Crippen LogP contribution >= 0.6 is 0 Å². The van der Waals surface area contributed by atoms with Crippen molar-refractivity contribution in [3.05, 3.63) is 35.9 Å². The first-order chi connectivity index (χ1) is 9.62. The van der Waals surface area contributed by atoms with Crippen molar-refractivity contribution in [2.75, 3.05) is 32.7 Å². The molecule has 0 amide bonds. The molecule has 0 saturated carbocycles. The van der Waals surface area contributed by atoms with Gasteiger partial charge >= 0.3 is 0 Å². The number of hydrogen-bond acceptors (Lipinski definition) is 2. The molecule has 0 aliphatic carbocycles. The fourth-order valence-corrected chi connectivity index (χ4v) is 2.79. The molecule has 1 N–H and O–H groups in total. The van der Waals surface area contributed by atoms with E-state index in [2.05, 4.69) is 5.32 Å². The lowest BCUT2D eigenvalue weighted by Gasteiger charge is -2.31. The summed E-state index contributed by atoms with van der Waals surface area (Å²) in [6.45, 7) is 5.25. The Morgan fingerprint density at radius 2 is 1.85 bits per heavy atom. The summed E-state index contributed by atoms with van der Waals surface area (Å²) in [6.07, 6.45) is 2.18. The summed E-state index contributed by atoms with van der Waals surface area (Å²) >= 11 is 0. The highest BCUT2D eigenvalue weighted by Gasteiger charge is 2.34. The molecule has 1 aliphatic rings. The third-order valence-corrected chi connectivity index (χ3v) is 4.04. The lowest BCUT2D eigenvalue weighted by atomic mass is 9.97. The topological polar surface area (TPSA) is 15.3 Å². The van der Waals surface area contributed by atoms with Gasteiger partial charge in [0.05, 0.1) is 6.54 Å². The minimum absolute atomic E-state index is 0.115. The zero-order valence-corrected chi connectivity index (χ0v) is 12.1. The second-order valence-electron chi connectivity index (χ2n) is 5.59. The largest absolute Gasteiger partial charge is 0.317 e. The molecule has 0 atom stereocenters. The van der Waals surface area contributed by atoms with E-state index < -0.39 is 5.92 Å². The molecule has 1 aromatic rings. The van der Waals surface area contributed by atoms with Crippen LogP contribution in [0.1, 0.15) is 25.3 Å². The van der Waals surface area contributed by atoms with Crippen LogP contribution in [0.5, 0.6) is 0 Å². The summed E-state index contributed by atoms with van der Waals surface area (Å²) in [5, 5.41) is 3.31. The lowest BCUT2D eigenvalue weighted by molar-refractivity contribution is -0.0405. The molecule has 1 fully saturated rings. The number of alkyl halides is 2. The molecule has 4 heteroatoms. The summed E-state index contributed by atoms with van der Waals surface area (Å²) in [5.41, 5.74) is 0.115. The minimum atomic E-state index is -2.77. The fourth-order valence-electron chi connectivity index (χ4n) is 2.79. The second-order valence-corrected chi connectivity index (χ2v) is 5.59. The molecule has 1 heterocycles. The maximum atomic E-state index is 14.3. The van der Waals surface area contributed by atoms with Crippen LogP contribution in [-0.4, -0.2) is 37.6 Å². The summed E-state index contributed by atoms with van der Waals surface area (Å²) in [7, 11) is 0. The van der Waals surface area contributed by atoms with Crippen molar-refractivity contribution in [2.24, 2.45) is 5.92 Å². The van der Waals surface area contributed by atoms with Crippen LogP contribution in [0.15, 0.2) is 30.3 Å². The highest BCUT2D eigenvalue weighted by atomic mass is 19.3. The van der Waals surface area contributed by atoms with Gasteiger partial charge in [0, 0.05) is 12.1 Å². The van der Waals surface area contributed by atoms with E-state index in [1.54, 1.807) is 18.2 Å². The number of piperidine rings is 1. The van der Waals surface area contributed by atoms with E-state index >= 15 is 0 Å². The molecule has 1 aromatic carbocycles. The highest BCUT2D eigenvalue weighted by molar-refractivity contribution is 5.20. The Labute approximate surface area is 120 Å². The van der Waals surface area contributed by atoms with Gasteiger partial charge in [0.15, 0.2) is 0 Å². The van der Waals surface area contributed by atoms with E-state index in [9.17, 15) is 8.78 Å². The summed E-state index contributed by atoms with van der Waals surface area (Å²) < 4.78 is 28.6. The molecule has 1 saturated heterocycles. The fraction of sp³-hybridized carbons (Fsp3) is 0.625. The molecule has 112 valence electrons. The molecule has 0 radical (unpaired) electrons. The van der Waals surface area contributed by atoms with E-state index in [0.29, 0.717) is 12.5 Å². The van der Waals surface area contributed by atoms with Gasteiger partial charge in [0.25, 0.3) is 5.92 Å². The summed E-state index contributed by atoms with van der Waals surface area (Å²) in [4.78, 5) is 1.89. The number of nitrogens with zero attached hydrogens (tertiary/aromatic N) is 1. The number of hydrogen-bond donors (Lipinski definition) is 1. The predicted molar refractivity (Wildman–Crippen MR) is 78.0 cm³/mol. The molecule has 0 unspecified atom stereocenters. The average Bonchev–Trinajstić information content (AvgIpc) is 2.48. The first-order valence-electron chi connectivity index (χ1n) is 7.48. The Bertz CT molecular complexity index is 389. The third-order valence-electron chi connectivity index (χ3n) is 4.04. The molecule has 2 nitrogen and oxygen atoms in total. The van der Waals surface area contributed by atoms with Crippen molar-refractivity contribution in [1.29, 1.82) is 0 Å². The Kier molecular flexibility index (Phi) is 5.49. The van der Waals surface area contributed by atoms with Crippen LogP contribution in [0.2, 0.25) is 0 Å². The Morgan fingerprint density at radius 1 is 1.20 bits per heavy atom. The van der Waals surface area contributed by atoms with Crippen LogP contribution < -0.4 is 5.32 Å². The first-order valence-corrected chi connectivity index (χ1v) is 7.48. The maximum absolute atomic E-state index is 14.3. The Balaban J connectivity index is 1.94. The van der Waals surface area contributed by atoms with Crippen molar-refractivity contribution in [3.8, 4) is 0 Å². The zero-order valence-electron chi connectivity index (χ0n) is 12.1.